The first-order valence-electron chi connectivity index (χ1n) is 6.19. The van der Waals surface area contributed by atoms with E-state index >= 15 is 0 Å². The zero-order valence-corrected chi connectivity index (χ0v) is 12.1. The second-order valence-corrected chi connectivity index (χ2v) is 4.82. The summed E-state index contributed by atoms with van der Waals surface area (Å²) in [6, 6.07) is 0. The van der Waals surface area contributed by atoms with Gasteiger partial charge in [-0.2, -0.15) is 5.10 Å². The third-order valence-corrected chi connectivity index (χ3v) is 3.06. The molecule has 0 atom stereocenters. The summed E-state index contributed by atoms with van der Waals surface area (Å²) in [5.41, 5.74) is 1.50. The number of aromatic nitrogens is 3. The highest BCUT2D eigenvalue weighted by molar-refractivity contribution is 5.97. The number of aryl methyl sites for hydroxylation is 2. The first-order valence-corrected chi connectivity index (χ1v) is 6.19. The summed E-state index contributed by atoms with van der Waals surface area (Å²) in [6.07, 6.45) is 0. The van der Waals surface area contributed by atoms with Gasteiger partial charge in [-0.3, -0.25) is 0 Å². The standard InChI is InChI=1S/C13H17N3O4/c1-6(2)11-9(13(17)18)10(15-20-11)8-7(3)14-16(4)12(8)19-5/h6H,1-5H3,(H,17,18). The van der Waals surface area contributed by atoms with E-state index < -0.39 is 5.97 Å². The molecule has 0 unspecified atom stereocenters. The molecular weight excluding hydrogens is 262 g/mol. The molecule has 0 aliphatic rings. The molecule has 2 heterocycles. The fourth-order valence-electron chi connectivity index (χ4n) is 2.22. The van der Waals surface area contributed by atoms with Crippen molar-refractivity contribution in [1.29, 1.82) is 0 Å². The maximum absolute atomic E-state index is 11.5. The van der Waals surface area contributed by atoms with Crippen LogP contribution in [0.3, 0.4) is 0 Å². The zero-order valence-electron chi connectivity index (χ0n) is 12.1. The van der Waals surface area contributed by atoms with E-state index in [0.29, 0.717) is 22.9 Å². The van der Waals surface area contributed by atoms with E-state index in [2.05, 4.69) is 10.3 Å². The van der Waals surface area contributed by atoms with Gasteiger partial charge in [0.05, 0.1) is 18.4 Å². The smallest absolute Gasteiger partial charge is 0.341 e. The molecule has 0 saturated carbocycles. The Morgan fingerprint density at radius 2 is 2.10 bits per heavy atom. The molecule has 20 heavy (non-hydrogen) atoms. The Labute approximate surface area is 116 Å². The summed E-state index contributed by atoms with van der Waals surface area (Å²) >= 11 is 0. The molecule has 0 amide bonds. The largest absolute Gasteiger partial charge is 0.481 e. The minimum Gasteiger partial charge on any atom is -0.481 e. The van der Waals surface area contributed by atoms with Crippen molar-refractivity contribution in [2.75, 3.05) is 7.11 Å². The summed E-state index contributed by atoms with van der Waals surface area (Å²) in [7, 11) is 3.23. The van der Waals surface area contributed by atoms with E-state index in [1.165, 1.54) is 7.11 Å². The van der Waals surface area contributed by atoms with E-state index in [9.17, 15) is 9.90 Å². The molecule has 108 valence electrons. The van der Waals surface area contributed by atoms with Crippen molar-refractivity contribution in [2.24, 2.45) is 7.05 Å². The molecule has 0 aliphatic heterocycles. The van der Waals surface area contributed by atoms with Crippen LogP contribution in [0.1, 0.15) is 41.6 Å². The van der Waals surface area contributed by atoms with Gasteiger partial charge in [-0.25, -0.2) is 9.48 Å². The van der Waals surface area contributed by atoms with Crippen molar-refractivity contribution >= 4 is 5.97 Å². The van der Waals surface area contributed by atoms with Crippen molar-refractivity contribution in [3.05, 3.63) is 17.0 Å². The van der Waals surface area contributed by atoms with Crippen molar-refractivity contribution in [3.63, 3.8) is 0 Å². The van der Waals surface area contributed by atoms with Crippen LogP contribution in [-0.4, -0.2) is 33.1 Å². The van der Waals surface area contributed by atoms with Gasteiger partial charge in [-0.05, 0) is 6.92 Å². The zero-order chi connectivity index (χ0) is 15.0. The number of carboxylic acids is 1. The molecular formula is C13H17N3O4. The van der Waals surface area contributed by atoms with Crippen LogP contribution in [0.5, 0.6) is 5.88 Å². The predicted molar refractivity (Wildman–Crippen MR) is 71.0 cm³/mol. The number of carbonyl (C=O) groups is 1. The number of aromatic carboxylic acids is 1. The van der Waals surface area contributed by atoms with Crippen LogP contribution in [0, 0.1) is 6.92 Å². The van der Waals surface area contributed by atoms with Gasteiger partial charge < -0.3 is 14.4 Å². The van der Waals surface area contributed by atoms with Crippen LogP contribution in [0.25, 0.3) is 11.3 Å². The van der Waals surface area contributed by atoms with Crippen LogP contribution >= 0.6 is 0 Å². The number of nitrogens with zero attached hydrogens (tertiary/aromatic N) is 3. The third-order valence-electron chi connectivity index (χ3n) is 3.06. The summed E-state index contributed by atoms with van der Waals surface area (Å²) in [4.78, 5) is 11.5. The van der Waals surface area contributed by atoms with Crippen LogP contribution in [-0.2, 0) is 7.05 Å². The van der Waals surface area contributed by atoms with Gasteiger partial charge in [-0.1, -0.05) is 19.0 Å². The van der Waals surface area contributed by atoms with Gasteiger partial charge in [0.1, 0.15) is 11.3 Å². The topological polar surface area (TPSA) is 90.4 Å². The molecule has 1 N–H and O–H groups in total. The van der Waals surface area contributed by atoms with E-state index in [4.69, 9.17) is 9.26 Å². The average Bonchev–Trinajstić information content (AvgIpc) is 2.89. The summed E-state index contributed by atoms with van der Waals surface area (Å²) in [5.74, 6) is -0.355. The Balaban J connectivity index is 2.74. The minimum absolute atomic E-state index is 0.0643. The summed E-state index contributed by atoms with van der Waals surface area (Å²) in [6.45, 7) is 5.47. The number of ether oxygens (including phenoxy) is 1. The molecule has 0 radical (unpaired) electrons. The maximum atomic E-state index is 11.5. The molecule has 2 rings (SSSR count). The lowest BCUT2D eigenvalue weighted by Crippen LogP contribution is -2.03. The molecule has 2 aromatic rings. The number of carboxylic acid groups (broad SMARTS) is 1. The van der Waals surface area contributed by atoms with Crippen molar-refractivity contribution < 1.29 is 19.2 Å². The van der Waals surface area contributed by atoms with E-state index in [1.54, 1.807) is 18.7 Å². The van der Waals surface area contributed by atoms with Crippen molar-refractivity contribution in [3.8, 4) is 17.1 Å². The van der Waals surface area contributed by atoms with Crippen LogP contribution in [0.15, 0.2) is 4.52 Å². The average molecular weight is 279 g/mol. The quantitative estimate of drug-likeness (QED) is 0.922. The van der Waals surface area contributed by atoms with E-state index in [1.807, 2.05) is 13.8 Å². The molecule has 2 aromatic heterocycles. The molecule has 0 spiro atoms. The molecule has 0 bridgehead atoms. The first-order chi connectivity index (χ1) is 9.38. The van der Waals surface area contributed by atoms with Gasteiger partial charge in [0.25, 0.3) is 0 Å². The molecule has 7 nitrogen and oxygen atoms in total. The molecule has 7 heteroatoms. The Morgan fingerprint density at radius 3 is 2.60 bits per heavy atom. The number of rotatable bonds is 4. The minimum atomic E-state index is -1.07. The SMILES string of the molecule is COc1c(-c2noc(C(C)C)c2C(=O)O)c(C)nn1C. The van der Waals surface area contributed by atoms with Crippen molar-refractivity contribution in [1.82, 2.24) is 14.9 Å². The van der Waals surface area contributed by atoms with Crippen LogP contribution in [0.4, 0.5) is 0 Å². The second-order valence-electron chi connectivity index (χ2n) is 4.82. The fourth-order valence-corrected chi connectivity index (χ4v) is 2.22. The van der Waals surface area contributed by atoms with Gasteiger partial charge >= 0.3 is 5.97 Å². The Bertz CT molecular complexity index is 655. The molecule has 0 aromatic carbocycles. The van der Waals surface area contributed by atoms with Crippen molar-refractivity contribution in [2.45, 2.75) is 26.7 Å². The lowest BCUT2D eigenvalue weighted by atomic mass is 10.0. The fraction of sp³-hybridized carbons (Fsp3) is 0.462. The van der Waals surface area contributed by atoms with E-state index in [0.717, 1.165) is 0 Å². The van der Waals surface area contributed by atoms with E-state index in [-0.39, 0.29) is 17.2 Å². The van der Waals surface area contributed by atoms with Crippen LogP contribution in [0.2, 0.25) is 0 Å². The number of methoxy groups -OCH3 is 1. The number of hydrogen-bond donors (Lipinski definition) is 1. The molecule has 0 aliphatic carbocycles. The highest BCUT2D eigenvalue weighted by Gasteiger charge is 2.30. The normalized spacial score (nSPS) is 11.1. The molecule has 0 fully saturated rings. The van der Waals surface area contributed by atoms with Gasteiger partial charge in [-0.15, -0.1) is 0 Å². The highest BCUT2D eigenvalue weighted by atomic mass is 16.5. The third kappa shape index (κ3) is 2.04. The van der Waals surface area contributed by atoms with Crippen LogP contribution < -0.4 is 4.74 Å². The summed E-state index contributed by atoms with van der Waals surface area (Å²) in [5, 5.41) is 17.6. The summed E-state index contributed by atoms with van der Waals surface area (Å²) < 4.78 is 12.0. The Morgan fingerprint density at radius 1 is 1.45 bits per heavy atom. The Hall–Kier alpha value is -2.31. The van der Waals surface area contributed by atoms with Gasteiger partial charge in [0.15, 0.2) is 5.76 Å². The molecule has 0 saturated heterocycles. The lowest BCUT2D eigenvalue weighted by Gasteiger charge is -2.04. The lowest BCUT2D eigenvalue weighted by molar-refractivity contribution is 0.0694. The second kappa shape index (κ2) is 4.99. The monoisotopic (exact) mass is 279 g/mol. The highest BCUT2D eigenvalue weighted by Crippen LogP contribution is 2.37. The van der Waals surface area contributed by atoms with Gasteiger partial charge in [0.2, 0.25) is 5.88 Å². The number of hydrogen-bond acceptors (Lipinski definition) is 5. The first kappa shape index (κ1) is 14.1. The maximum Gasteiger partial charge on any atom is 0.341 e. The predicted octanol–water partition coefficient (Wildman–Crippen LogP) is 2.21. The Kier molecular flexibility index (Phi) is 3.52. The van der Waals surface area contributed by atoms with Gasteiger partial charge in [0, 0.05) is 13.0 Å².